The first-order valence-electron chi connectivity index (χ1n) is 9.42. The zero-order valence-corrected chi connectivity index (χ0v) is 17.1. The number of hydrogen-bond acceptors (Lipinski definition) is 4. The molecule has 1 amide bonds. The van der Waals surface area contributed by atoms with Crippen molar-refractivity contribution in [2.24, 2.45) is 0 Å². The Labute approximate surface area is 172 Å². The number of aryl methyl sites for hydroxylation is 3. The van der Waals surface area contributed by atoms with Crippen LogP contribution in [0.5, 0.6) is 0 Å². The molecule has 0 spiro atoms. The Bertz CT molecular complexity index is 1150. The van der Waals surface area contributed by atoms with E-state index in [1.165, 1.54) is 23.5 Å². The molecule has 0 N–H and O–H groups in total. The molecule has 0 saturated carbocycles. The zero-order chi connectivity index (χ0) is 20.4. The van der Waals surface area contributed by atoms with Crippen LogP contribution in [0.1, 0.15) is 27.9 Å². The Morgan fingerprint density at radius 3 is 2.86 bits per heavy atom. The highest BCUT2D eigenvalue weighted by Gasteiger charge is 2.22. The lowest BCUT2D eigenvalue weighted by molar-refractivity contribution is 0.0986. The summed E-state index contributed by atoms with van der Waals surface area (Å²) in [6, 6.07) is 9.97. The van der Waals surface area contributed by atoms with Gasteiger partial charge < -0.3 is 4.57 Å². The number of halogens is 1. The molecule has 4 rings (SSSR count). The van der Waals surface area contributed by atoms with Gasteiger partial charge in [0.25, 0.3) is 5.91 Å². The minimum Gasteiger partial charge on any atom is -0.337 e. The van der Waals surface area contributed by atoms with Crippen LogP contribution in [0.2, 0.25) is 0 Å². The molecule has 0 fully saturated rings. The zero-order valence-electron chi connectivity index (χ0n) is 16.3. The number of amides is 1. The van der Waals surface area contributed by atoms with Gasteiger partial charge in [0, 0.05) is 31.0 Å². The van der Waals surface area contributed by atoms with E-state index in [1.807, 2.05) is 24.6 Å². The van der Waals surface area contributed by atoms with Crippen molar-refractivity contribution >= 4 is 32.6 Å². The van der Waals surface area contributed by atoms with E-state index in [1.54, 1.807) is 29.6 Å². The quantitative estimate of drug-likeness (QED) is 0.452. The highest BCUT2D eigenvalue weighted by molar-refractivity contribution is 7.22. The number of carbonyl (C=O) groups excluding carboxylic acids is 1. The minimum atomic E-state index is -0.426. The van der Waals surface area contributed by atoms with Crippen molar-refractivity contribution in [1.29, 1.82) is 0 Å². The highest BCUT2D eigenvalue weighted by Crippen LogP contribution is 2.32. The molecule has 7 heteroatoms. The van der Waals surface area contributed by atoms with Crippen LogP contribution in [0.15, 0.2) is 55.1 Å². The monoisotopic (exact) mass is 408 g/mol. The van der Waals surface area contributed by atoms with E-state index in [-0.39, 0.29) is 5.91 Å². The van der Waals surface area contributed by atoms with Crippen LogP contribution in [0, 0.1) is 19.7 Å². The summed E-state index contributed by atoms with van der Waals surface area (Å²) in [7, 11) is 0. The molecule has 0 radical (unpaired) electrons. The third-order valence-electron chi connectivity index (χ3n) is 4.72. The number of nitrogens with zero attached hydrogens (tertiary/aromatic N) is 4. The molecular formula is C22H21FN4OS. The summed E-state index contributed by atoms with van der Waals surface area (Å²) >= 11 is 1.49. The number of fused-ring (bicyclic) bond motifs is 1. The Hall–Kier alpha value is -3.06. The van der Waals surface area contributed by atoms with Gasteiger partial charge in [-0.25, -0.2) is 14.4 Å². The molecule has 2 aromatic heterocycles. The Morgan fingerprint density at radius 1 is 1.24 bits per heavy atom. The van der Waals surface area contributed by atoms with Crippen molar-refractivity contribution in [3.8, 4) is 0 Å². The summed E-state index contributed by atoms with van der Waals surface area (Å²) in [4.78, 5) is 23.7. The van der Waals surface area contributed by atoms with Gasteiger partial charge in [0.15, 0.2) is 5.13 Å². The first-order valence-corrected chi connectivity index (χ1v) is 10.2. The van der Waals surface area contributed by atoms with Gasteiger partial charge in [-0.1, -0.05) is 23.5 Å². The average Bonchev–Trinajstić information content (AvgIpc) is 3.34. The third-order valence-corrected chi connectivity index (χ3v) is 5.75. The maximum Gasteiger partial charge on any atom is 0.260 e. The van der Waals surface area contributed by atoms with Gasteiger partial charge in [0.1, 0.15) is 5.82 Å². The maximum atomic E-state index is 13.7. The first kappa shape index (κ1) is 19.3. The van der Waals surface area contributed by atoms with E-state index >= 15 is 0 Å². The fourth-order valence-corrected chi connectivity index (χ4v) is 4.53. The normalized spacial score (nSPS) is 11.1. The number of rotatable bonds is 6. The molecule has 148 valence electrons. The third kappa shape index (κ3) is 4.19. The van der Waals surface area contributed by atoms with Crippen molar-refractivity contribution in [2.45, 2.75) is 26.8 Å². The summed E-state index contributed by atoms with van der Waals surface area (Å²) in [5.41, 5.74) is 3.47. The number of benzene rings is 2. The predicted molar refractivity (Wildman–Crippen MR) is 114 cm³/mol. The fraction of sp³-hybridized carbons (Fsp3) is 0.227. The van der Waals surface area contributed by atoms with Crippen LogP contribution >= 0.6 is 11.3 Å². The van der Waals surface area contributed by atoms with Crippen LogP contribution in [-0.2, 0) is 6.54 Å². The van der Waals surface area contributed by atoms with Crippen molar-refractivity contribution in [3.05, 3.63) is 77.6 Å². The first-order chi connectivity index (χ1) is 14.0. The lowest BCUT2D eigenvalue weighted by Gasteiger charge is -2.20. The maximum absolute atomic E-state index is 13.7. The van der Waals surface area contributed by atoms with E-state index in [0.29, 0.717) is 17.2 Å². The van der Waals surface area contributed by atoms with E-state index in [0.717, 1.165) is 34.3 Å². The van der Waals surface area contributed by atoms with Crippen molar-refractivity contribution < 1.29 is 9.18 Å². The van der Waals surface area contributed by atoms with Gasteiger partial charge >= 0.3 is 0 Å². The Morgan fingerprint density at radius 2 is 2.10 bits per heavy atom. The van der Waals surface area contributed by atoms with Crippen molar-refractivity contribution in [3.63, 3.8) is 0 Å². The number of aromatic nitrogens is 3. The lowest BCUT2D eigenvalue weighted by Crippen LogP contribution is -2.32. The molecule has 0 bridgehead atoms. The van der Waals surface area contributed by atoms with Crippen LogP contribution in [0.3, 0.4) is 0 Å². The molecule has 4 aromatic rings. The highest BCUT2D eigenvalue weighted by atomic mass is 32.1. The second-order valence-electron chi connectivity index (χ2n) is 7.05. The number of anilines is 1. The SMILES string of the molecule is Cc1cc(C)c2nc(N(CCCn3ccnc3)C(=O)c3cccc(F)c3)sc2c1. The second-order valence-corrected chi connectivity index (χ2v) is 8.06. The summed E-state index contributed by atoms with van der Waals surface area (Å²) in [6.45, 7) is 5.28. The smallest absolute Gasteiger partial charge is 0.260 e. The Balaban J connectivity index is 1.67. The van der Waals surface area contributed by atoms with E-state index in [2.05, 4.69) is 17.1 Å². The molecule has 0 aliphatic carbocycles. The molecule has 2 heterocycles. The lowest BCUT2D eigenvalue weighted by atomic mass is 10.1. The summed E-state index contributed by atoms with van der Waals surface area (Å²) in [6.07, 6.45) is 6.10. The van der Waals surface area contributed by atoms with E-state index in [9.17, 15) is 9.18 Å². The molecular weight excluding hydrogens is 387 g/mol. The second kappa shape index (κ2) is 8.13. The fourth-order valence-electron chi connectivity index (χ4n) is 3.37. The van der Waals surface area contributed by atoms with Gasteiger partial charge in [-0.15, -0.1) is 0 Å². The van der Waals surface area contributed by atoms with Crippen LogP contribution in [0.25, 0.3) is 10.2 Å². The van der Waals surface area contributed by atoms with Gasteiger partial charge in [-0.05, 0) is 55.7 Å². The van der Waals surface area contributed by atoms with Crippen LogP contribution in [-0.4, -0.2) is 27.0 Å². The van der Waals surface area contributed by atoms with E-state index in [4.69, 9.17) is 4.98 Å². The van der Waals surface area contributed by atoms with E-state index < -0.39 is 5.82 Å². The largest absolute Gasteiger partial charge is 0.337 e. The van der Waals surface area contributed by atoms with Crippen LogP contribution < -0.4 is 4.90 Å². The van der Waals surface area contributed by atoms with Crippen molar-refractivity contribution in [1.82, 2.24) is 14.5 Å². The molecule has 0 aliphatic heterocycles. The number of imidazole rings is 1. The molecule has 0 aliphatic rings. The minimum absolute atomic E-state index is 0.247. The van der Waals surface area contributed by atoms with Crippen LogP contribution in [0.4, 0.5) is 9.52 Å². The molecule has 0 atom stereocenters. The molecule has 2 aromatic carbocycles. The molecule has 0 unspecified atom stereocenters. The molecule has 0 saturated heterocycles. The summed E-state index contributed by atoms with van der Waals surface area (Å²) in [5.74, 6) is -0.673. The van der Waals surface area contributed by atoms with Gasteiger partial charge in [0.05, 0.1) is 16.5 Å². The predicted octanol–water partition coefficient (Wildman–Crippen LogP) is 4.99. The number of carbonyl (C=O) groups is 1. The van der Waals surface area contributed by atoms with Gasteiger partial charge in [0.2, 0.25) is 0 Å². The summed E-state index contributed by atoms with van der Waals surface area (Å²) < 4.78 is 16.7. The molecule has 5 nitrogen and oxygen atoms in total. The summed E-state index contributed by atoms with van der Waals surface area (Å²) in [5, 5.41) is 0.633. The standard InChI is InChI=1S/C22H21FN4OS/c1-15-11-16(2)20-19(12-15)29-22(25-20)27(9-4-8-26-10-7-24-14-26)21(28)17-5-3-6-18(23)13-17/h3,5-7,10-14H,4,8-9H2,1-2H3. The number of hydrogen-bond donors (Lipinski definition) is 0. The Kier molecular flexibility index (Phi) is 5.40. The molecule has 29 heavy (non-hydrogen) atoms. The van der Waals surface area contributed by atoms with Crippen molar-refractivity contribution in [2.75, 3.05) is 11.4 Å². The van der Waals surface area contributed by atoms with Gasteiger partial charge in [-0.2, -0.15) is 0 Å². The number of thiazole rings is 1. The topological polar surface area (TPSA) is 51.0 Å². The average molecular weight is 409 g/mol. The van der Waals surface area contributed by atoms with Gasteiger partial charge in [-0.3, -0.25) is 9.69 Å².